The van der Waals surface area contributed by atoms with E-state index in [-0.39, 0.29) is 34.6 Å². The number of halogens is 4. The lowest BCUT2D eigenvalue weighted by Gasteiger charge is -2.32. The molecule has 3 nitrogen and oxygen atoms in total. The summed E-state index contributed by atoms with van der Waals surface area (Å²) in [5, 5.41) is 0.185. The molecule has 0 spiro atoms. The molecule has 0 heterocycles. The molecule has 0 aromatic heterocycles. The summed E-state index contributed by atoms with van der Waals surface area (Å²) in [6, 6.07) is 0. The van der Waals surface area contributed by atoms with Gasteiger partial charge in [-0.25, -0.2) is 4.79 Å². The van der Waals surface area contributed by atoms with Crippen LogP contribution in [-0.2, 0) is 14.3 Å². The third-order valence-electron chi connectivity index (χ3n) is 3.22. The van der Waals surface area contributed by atoms with E-state index in [0.29, 0.717) is 12.8 Å². The summed E-state index contributed by atoms with van der Waals surface area (Å²) < 4.78 is 41.5. The van der Waals surface area contributed by atoms with E-state index in [1.54, 1.807) is 6.92 Å². The highest BCUT2D eigenvalue weighted by molar-refractivity contribution is 6.32. The highest BCUT2D eigenvalue weighted by Gasteiger charge is 2.44. The van der Waals surface area contributed by atoms with Crippen molar-refractivity contribution in [1.29, 1.82) is 0 Å². The van der Waals surface area contributed by atoms with Crippen molar-refractivity contribution in [2.24, 2.45) is 5.41 Å². The summed E-state index contributed by atoms with van der Waals surface area (Å²) >= 11 is 6.08. The molecule has 0 saturated carbocycles. The summed E-state index contributed by atoms with van der Waals surface area (Å²) in [6.07, 6.45) is -5.20. The smallest absolute Gasteiger partial charge is 0.451 e. The molecule has 0 fully saturated rings. The number of carbonyl (C=O) groups is 2. The molecule has 21 heavy (non-hydrogen) atoms. The Morgan fingerprint density at radius 3 is 2.38 bits per heavy atom. The topological polar surface area (TPSA) is 43.4 Å². The molecule has 0 amide bonds. The van der Waals surface area contributed by atoms with Crippen molar-refractivity contribution in [2.75, 3.05) is 0 Å². The van der Waals surface area contributed by atoms with E-state index in [9.17, 15) is 22.8 Å². The van der Waals surface area contributed by atoms with Gasteiger partial charge in [0.15, 0.2) is 5.78 Å². The lowest BCUT2D eigenvalue weighted by atomic mass is 9.76. The van der Waals surface area contributed by atoms with Crippen LogP contribution in [0.25, 0.3) is 0 Å². The summed E-state index contributed by atoms with van der Waals surface area (Å²) in [4.78, 5) is 23.2. The first kappa shape index (κ1) is 18.0. The van der Waals surface area contributed by atoms with E-state index < -0.39 is 18.2 Å². The Balaban J connectivity index is 3.05. The molecule has 120 valence electrons. The van der Waals surface area contributed by atoms with Gasteiger partial charge in [-0.15, -0.1) is 0 Å². The number of rotatable bonds is 4. The largest absolute Gasteiger partial charge is 0.490 e. The quantitative estimate of drug-likeness (QED) is 0.729. The van der Waals surface area contributed by atoms with E-state index in [1.807, 2.05) is 13.8 Å². The Kier molecular flexibility index (Phi) is 5.47. The molecule has 1 rings (SSSR count). The Morgan fingerprint density at radius 2 is 1.95 bits per heavy atom. The predicted octanol–water partition coefficient (Wildman–Crippen LogP) is 4.14. The lowest BCUT2D eigenvalue weighted by molar-refractivity contribution is -0.203. The molecule has 0 aromatic rings. The molecule has 0 radical (unpaired) electrons. The number of hydrogen-bond donors (Lipinski definition) is 0. The standard InChI is InChI=1S/C14H18ClF3O3/c1-4-5-10(21-12(20)14(16,17)18)11-8(15)6-13(2,3)7-9(11)19/h10H,4-7H2,1-3H3/t10-/m1/s1. The SMILES string of the molecule is CCC[C@@H](OC(=O)C(F)(F)F)C1=C(Cl)CC(C)(C)CC1=O. The van der Waals surface area contributed by atoms with Crippen molar-refractivity contribution in [3.8, 4) is 0 Å². The fraction of sp³-hybridized carbons (Fsp3) is 0.714. The number of alkyl halides is 3. The fourth-order valence-corrected chi connectivity index (χ4v) is 2.92. The maximum absolute atomic E-state index is 12.3. The highest BCUT2D eigenvalue weighted by Crippen LogP contribution is 2.40. The first-order valence-electron chi connectivity index (χ1n) is 6.67. The number of esters is 1. The molecular formula is C14H18ClF3O3. The maximum Gasteiger partial charge on any atom is 0.490 e. The minimum Gasteiger partial charge on any atom is -0.451 e. The van der Waals surface area contributed by atoms with Crippen LogP contribution in [0.2, 0.25) is 0 Å². The molecule has 0 saturated heterocycles. The van der Waals surface area contributed by atoms with Crippen LogP contribution in [0.15, 0.2) is 10.6 Å². The first-order valence-corrected chi connectivity index (χ1v) is 7.05. The minimum absolute atomic E-state index is 0.00967. The highest BCUT2D eigenvalue weighted by atomic mass is 35.5. The van der Waals surface area contributed by atoms with Crippen molar-refractivity contribution < 1.29 is 27.5 Å². The summed E-state index contributed by atoms with van der Waals surface area (Å²) in [5.41, 5.74) is -0.335. The third-order valence-corrected chi connectivity index (χ3v) is 3.56. The van der Waals surface area contributed by atoms with E-state index in [1.165, 1.54) is 0 Å². The fourth-order valence-electron chi connectivity index (χ4n) is 2.33. The molecule has 0 N–H and O–H groups in total. The van der Waals surface area contributed by atoms with Crippen LogP contribution >= 0.6 is 11.6 Å². The number of ether oxygens (including phenoxy) is 1. The number of carbonyl (C=O) groups excluding carboxylic acids is 2. The Bertz CT molecular complexity index is 467. The van der Waals surface area contributed by atoms with Gasteiger partial charge >= 0.3 is 12.1 Å². The van der Waals surface area contributed by atoms with Crippen molar-refractivity contribution in [3.63, 3.8) is 0 Å². The predicted molar refractivity (Wildman–Crippen MR) is 71.7 cm³/mol. The molecule has 1 aliphatic carbocycles. The maximum atomic E-state index is 12.3. The number of allylic oxidation sites excluding steroid dienone is 1. The Hall–Kier alpha value is -1.04. The average molecular weight is 327 g/mol. The van der Waals surface area contributed by atoms with Crippen LogP contribution in [0, 0.1) is 5.41 Å². The summed E-state index contributed by atoms with van der Waals surface area (Å²) in [7, 11) is 0. The van der Waals surface area contributed by atoms with Gasteiger partial charge in [0.05, 0.1) is 5.57 Å². The van der Waals surface area contributed by atoms with Gasteiger partial charge in [0.25, 0.3) is 0 Å². The summed E-state index contributed by atoms with van der Waals surface area (Å²) in [6.45, 7) is 5.42. The lowest BCUT2D eigenvalue weighted by Crippen LogP contribution is -2.36. The number of Topliss-reactive ketones (excluding diaryl/α,β-unsaturated/α-hetero) is 1. The zero-order valence-corrected chi connectivity index (χ0v) is 12.9. The molecule has 7 heteroatoms. The van der Waals surface area contributed by atoms with Crippen molar-refractivity contribution in [3.05, 3.63) is 10.6 Å². The first-order chi connectivity index (χ1) is 9.48. The van der Waals surface area contributed by atoms with Gasteiger partial charge < -0.3 is 4.74 Å². The van der Waals surface area contributed by atoms with E-state index in [0.717, 1.165) is 0 Å². The minimum atomic E-state index is -5.09. The van der Waals surface area contributed by atoms with E-state index >= 15 is 0 Å². The van der Waals surface area contributed by atoms with Gasteiger partial charge in [-0.1, -0.05) is 38.8 Å². The van der Waals surface area contributed by atoms with Crippen LogP contribution in [0.4, 0.5) is 13.2 Å². The molecule has 1 atom stereocenters. The monoisotopic (exact) mass is 326 g/mol. The van der Waals surface area contributed by atoms with Crippen LogP contribution in [-0.4, -0.2) is 24.0 Å². The number of hydrogen-bond acceptors (Lipinski definition) is 3. The van der Waals surface area contributed by atoms with E-state index in [4.69, 9.17) is 11.6 Å². The molecule has 0 unspecified atom stereocenters. The Morgan fingerprint density at radius 1 is 1.38 bits per heavy atom. The van der Waals surface area contributed by atoms with Gasteiger partial charge in [0, 0.05) is 11.5 Å². The van der Waals surface area contributed by atoms with Crippen molar-refractivity contribution in [1.82, 2.24) is 0 Å². The second-order valence-corrected chi connectivity index (χ2v) is 6.40. The van der Waals surface area contributed by atoms with Crippen LogP contribution in [0.1, 0.15) is 46.5 Å². The Labute approximate surface area is 126 Å². The van der Waals surface area contributed by atoms with Gasteiger partial charge in [-0.05, 0) is 18.3 Å². The van der Waals surface area contributed by atoms with Crippen LogP contribution in [0.5, 0.6) is 0 Å². The molecule has 1 aliphatic rings. The zero-order chi connectivity index (χ0) is 16.4. The van der Waals surface area contributed by atoms with Crippen LogP contribution < -0.4 is 0 Å². The normalized spacial score (nSPS) is 20.4. The van der Waals surface area contributed by atoms with Gasteiger partial charge in [0.2, 0.25) is 0 Å². The van der Waals surface area contributed by atoms with Gasteiger partial charge in [-0.2, -0.15) is 13.2 Å². The molecular weight excluding hydrogens is 309 g/mol. The molecule has 0 bridgehead atoms. The van der Waals surface area contributed by atoms with Crippen LogP contribution in [0.3, 0.4) is 0 Å². The number of ketones is 1. The second-order valence-electron chi connectivity index (χ2n) is 5.94. The summed E-state index contributed by atoms with van der Waals surface area (Å²) in [5.74, 6) is -2.65. The van der Waals surface area contributed by atoms with Crippen molar-refractivity contribution in [2.45, 2.75) is 58.7 Å². The van der Waals surface area contributed by atoms with Gasteiger partial charge in [0.1, 0.15) is 6.10 Å². The molecule has 0 aromatic carbocycles. The van der Waals surface area contributed by atoms with Crippen molar-refractivity contribution >= 4 is 23.4 Å². The van der Waals surface area contributed by atoms with E-state index in [2.05, 4.69) is 4.74 Å². The van der Waals surface area contributed by atoms with Gasteiger partial charge in [-0.3, -0.25) is 4.79 Å². The average Bonchev–Trinajstić information content (AvgIpc) is 2.24. The molecule has 0 aliphatic heterocycles. The third kappa shape index (κ3) is 4.73. The zero-order valence-electron chi connectivity index (χ0n) is 12.1. The second kappa shape index (κ2) is 6.38.